The molecule has 5 heteroatoms. The zero-order valence-electron chi connectivity index (χ0n) is 8.02. The van der Waals surface area contributed by atoms with Crippen LogP contribution in [0, 0.1) is 5.92 Å². The first-order valence-corrected chi connectivity index (χ1v) is 4.05. The fourth-order valence-electron chi connectivity index (χ4n) is 0.711. The molecule has 0 saturated carbocycles. The lowest BCUT2D eigenvalue weighted by Crippen LogP contribution is -2.06. The molecule has 0 rings (SSSR count). The molecule has 0 spiro atoms. The van der Waals surface area contributed by atoms with Gasteiger partial charge in [-0.1, -0.05) is 25.0 Å². The average molecular weight is 183 g/mol. The van der Waals surface area contributed by atoms with Crippen molar-refractivity contribution in [3.8, 4) is 0 Å². The lowest BCUT2D eigenvalue weighted by atomic mass is 10.2. The zero-order valence-corrected chi connectivity index (χ0v) is 8.02. The predicted molar refractivity (Wildman–Crippen MR) is 48.7 cm³/mol. The largest absolute Gasteiger partial charge is 0.462 e. The second-order valence-corrected chi connectivity index (χ2v) is 2.71. The third kappa shape index (κ3) is 4.87. The van der Waals surface area contributed by atoms with E-state index in [1.807, 2.05) is 13.8 Å². The van der Waals surface area contributed by atoms with Gasteiger partial charge in [-0.15, -0.1) is 0 Å². The Bertz CT molecular complexity index is 252. The summed E-state index contributed by atoms with van der Waals surface area (Å²) in [6.45, 7) is 5.73. The normalized spacial score (nSPS) is 10.9. The molecular formula is C8H13N3O2. The number of ether oxygens (including phenoxy) is 1. The van der Waals surface area contributed by atoms with Gasteiger partial charge < -0.3 is 4.74 Å². The summed E-state index contributed by atoms with van der Waals surface area (Å²) in [5.74, 6) is -0.432. The van der Waals surface area contributed by atoms with Crippen LogP contribution in [0.2, 0.25) is 0 Å². The highest BCUT2D eigenvalue weighted by Gasteiger charge is 2.08. The number of rotatable bonds is 4. The number of azide groups is 1. The molecule has 0 aliphatic rings. The quantitative estimate of drug-likeness (QED) is 0.220. The van der Waals surface area contributed by atoms with Crippen molar-refractivity contribution in [2.75, 3.05) is 6.61 Å². The van der Waals surface area contributed by atoms with Gasteiger partial charge in [0, 0.05) is 4.91 Å². The Morgan fingerprint density at radius 2 is 2.31 bits per heavy atom. The maximum atomic E-state index is 11.1. The van der Waals surface area contributed by atoms with Crippen LogP contribution in [-0.2, 0) is 9.53 Å². The Balaban J connectivity index is 4.60. The van der Waals surface area contributed by atoms with Gasteiger partial charge in [0.05, 0.1) is 6.61 Å². The second-order valence-electron chi connectivity index (χ2n) is 2.71. The van der Waals surface area contributed by atoms with Gasteiger partial charge in [-0.3, -0.25) is 0 Å². The summed E-state index contributed by atoms with van der Waals surface area (Å²) < 4.78 is 4.69. The lowest BCUT2D eigenvalue weighted by Gasteiger charge is -2.02. The fraction of sp³-hybridized carbons (Fsp3) is 0.625. The van der Waals surface area contributed by atoms with Crippen molar-refractivity contribution >= 4 is 5.97 Å². The summed E-state index contributed by atoms with van der Waals surface area (Å²) in [6.07, 6.45) is 1.57. The molecule has 0 atom stereocenters. The predicted octanol–water partition coefficient (Wildman–Crippen LogP) is 2.40. The van der Waals surface area contributed by atoms with Gasteiger partial charge in [-0.05, 0) is 18.4 Å². The minimum Gasteiger partial charge on any atom is -0.462 e. The summed E-state index contributed by atoms with van der Waals surface area (Å²) >= 11 is 0. The van der Waals surface area contributed by atoms with Crippen LogP contribution in [-0.4, -0.2) is 12.6 Å². The third-order valence-electron chi connectivity index (χ3n) is 1.13. The number of nitrogens with zero attached hydrogens (tertiary/aromatic N) is 3. The van der Waals surface area contributed by atoms with Gasteiger partial charge in [0.2, 0.25) is 0 Å². The molecule has 0 heterocycles. The number of hydrogen-bond acceptors (Lipinski definition) is 3. The van der Waals surface area contributed by atoms with Crippen LogP contribution < -0.4 is 0 Å². The van der Waals surface area contributed by atoms with Gasteiger partial charge in [0.15, 0.2) is 0 Å². The molecule has 0 bridgehead atoms. The summed E-state index contributed by atoms with van der Waals surface area (Å²) in [5.41, 5.74) is 8.20. The van der Waals surface area contributed by atoms with Crippen molar-refractivity contribution in [3.63, 3.8) is 0 Å². The molecule has 13 heavy (non-hydrogen) atoms. The molecule has 0 aliphatic carbocycles. The molecule has 0 N–H and O–H groups in total. The Labute approximate surface area is 77.0 Å². The number of allylic oxidation sites excluding steroid dienone is 1. The Morgan fingerprint density at radius 3 is 2.69 bits per heavy atom. The van der Waals surface area contributed by atoms with Crippen LogP contribution in [0.1, 0.15) is 20.8 Å². The van der Waals surface area contributed by atoms with Crippen LogP contribution >= 0.6 is 0 Å². The third-order valence-corrected chi connectivity index (χ3v) is 1.13. The molecule has 0 radical (unpaired) electrons. The van der Waals surface area contributed by atoms with E-state index in [1.54, 1.807) is 13.0 Å². The van der Waals surface area contributed by atoms with Crippen molar-refractivity contribution in [1.29, 1.82) is 0 Å². The van der Waals surface area contributed by atoms with Crippen LogP contribution in [0.15, 0.2) is 16.9 Å². The van der Waals surface area contributed by atoms with E-state index in [0.29, 0.717) is 0 Å². The van der Waals surface area contributed by atoms with Crippen LogP contribution in [0.25, 0.3) is 10.4 Å². The fourth-order valence-corrected chi connectivity index (χ4v) is 0.711. The standard InChI is InChI=1S/C8H13N3O2/c1-4-13-8(12)7(10-11-9)5-6(2)3/h5-6H,4H2,1-3H3/b7-5+. The van der Waals surface area contributed by atoms with Gasteiger partial charge in [-0.25, -0.2) is 4.79 Å². The molecule has 0 fully saturated rings. The first kappa shape index (κ1) is 11.5. The number of hydrogen-bond donors (Lipinski definition) is 0. The van der Waals surface area contributed by atoms with Gasteiger partial charge in [-0.2, -0.15) is 0 Å². The molecule has 0 amide bonds. The molecule has 0 unspecified atom stereocenters. The molecule has 72 valence electrons. The van der Waals surface area contributed by atoms with Crippen LogP contribution in [0.5, 0.6) is 0 Å². The molecule has 0 saturated heterocycles. The molecule has 0 aromatic heterocycles. The van der Waals surface area contributed by atoms with E-state index < -0.39 is 5.97 Å². The van der Waals surface area contributed by atoms with E-state index in [2.05, 4.69) is 14.8 Å². The molecule has 5 nitrogen and oxygen atoms in total. The SMILES string of the molecule is CCOC(=O)/C(=C\C(C)C)N=[N+]=[N-]. The topological polar surface area (TPSA) is 75.1 Å². The highest BCUT2D eigenvalue weighted by atomic mass is 16.5. The Hall–Kier alpha value is -1.48. The number of carbonyl (C=O) groups excluding carboxylic acids is 1. The zero-order chi connectivity index (χ0) is 10.3. The molecular weight excluding hydrogens is 170 g/mol. The summed E-state index contributed by atoms with van der Waals surface area (Å²) in [4.78, 5) is 13.7. The van der Waals surface area contributed by atoms with E-state index in [1.165, 1.54) is 0 Å². The smallest absolute Gasteiger partial charge is 0.340 e. The minimum atomic E-state index is -0.575. The lowest BCUT2D eigenvalue weighted by molar-refractivity contribution is -0.138. The monoisotopic (exact) mass is 183 g/mol. The number of carbonyl (C=O) groups is 1. The first-order valence-electron chi connectivity index (χ1n) is 4.05. The van der Waals surface area contributed by atoms with Crippen molar-refractivity contribution in [2.45, 2.75) is 20.8 Å². The van der Waals surface area contributed by atoms with Gasteiger partial charge in [0.1, 0.15) is 5.70 Å². The Kier molecular flexibility index (Phi) is 5.39. The van der Waals surface area contributed by atoms with Crippen LogP contribution in [0.4, 0.5) is 0 Å². The van der Waals surface area contributed by atoms with Crippen molar-refractivity contribution in [2.24, 2.45) is 11.0 Å². The Morgan fingerprint density at radius 1 is 1.69 bits per heavy atom. The first-order chi connectivity index (χ1) is 6.11. The van der Waals surface area contributed by atoms with E-state index in [-0.39, 0.29) is 18.2 Å². The summed E-state index contributed by atoms with van der Waals surface area (Å²) in [6, 6.07) is 0. The highest BCUT2D eigenvalue weighted by molar-refractivity contribution is 5.87. The van der Waals surface area contributed by atoms with Gasteiger partial charge in [0.25, 0.3) is 0 Å². The summed E-state index contributed by atoms with van der Waals surface area (Å²) in [7, 11) is 0. The van der Waals surface area contributed by atoms with Crippen molar-refractivity contribution in [3.05, 3.63) is 22.2 Å². The summed E-state index contributed by atoms with van der Waals surface area (Å²) in [5, 5.41) is 3.25. The maximum Gasteiger partial charge on any atom is 0.340 e. The average Bonchev–Trinajstić information content (AvgIpc) is 2.03. The minimum absolute atomic E-state index is 0.0272. The molecule has 0 aliphatic heterocycles. The highest BCUT2D eigenvalue weighted by Crippen LogP contribution is 2.06. The van der Waals surface area contributed by atoms with Gasteiger partial charge >= 0.3 is 5.97 Å². The van der Waals surface area contributed by atoms with E-state index in [4.69, 9.17) is 5.53 Å². The van der Waals surface area contributed by atoms with E-state index >= 15 is 0 Å². The second kappa shape index (κ2) is 6.08. The van der Waals surface area contributed by atoms with Crippen LogP contribution in [0.3, 0.4) is 0 Å². The maximum absolute atomic E-state index is 11.1. The van der Waals surface area contributed by atoms with E-state index in [9.17, 15) is 4.79 Å². The number of esters is 1. The van der Waals surface area contributed by atoms with Crippen molar-refractivity contribution in [1.82, 2.24) is 0 Å². The molecule has 0 aromatic carbocycles. The van der Waals surface area contributed by atoms with E-state index in [0.717, 1.165) is 0 Å². The molecule has 0 aromatic rings. The van der Waals surface area contributed by atoms with Crippen molar-refractivity contribution < 1.29 is 9.53 Å².